The highest BCUT2D eigenvalue weighted by molar-refractivity contribution is 7.14. The molecule has 1 atom stereocenters. The minimum atomic E-state index is -0.709. The number of nitrogens with zero attached hydrogens (tertiary/aromatic N) is 2. The van der Waals surface area contributed by atoms with Crippen LogP contribution in [-0.4, -0.2) is 46.3 Å². The molecular formula is C22H22N4O4S. The van der Waals surface area contributed by atoms with Crippen molar-refractivity contribution in [1.29, 1.82) is 0 Å². The van der Waals surface area contributed by atoms with E-state index < -0.39 is 12.0 Å². The Labute approximate surface area is 183 Å². The normalized spacial score (nSPS) is 14.9. The second kappa shape index (κ2) is 9.13. The van der Waals surface area contributed by atoms with E-state index in [1.54, 1.807) is 22.5 Å². The van der Waals surface area contributed by atoms with Crippen LogP contribution in [0, 0.1) is 0 Å². The molecular weight excluding hydrogens is 416 g/mol. The van der Waals surface area contributed by atoms with Crippen molar-refractivity contribution in [1.82, 2.24) is 14.9 Å². The number of carbonyl (C=O) groups is 3. The highest BCUT2D eigenvalue weighted by atomic mass is 32.1. The highest BCUT2D eigenvalue weighted by Crippen LogP contribution is 2.29. The van der Waals surface area contributed by atoms with Gasteiger partial charge in [-0.2, -0.15) is 0 Å². The number of benzene rings is 1. The Bertz CT molecular complexity index is 1090. The lowest BCUT2D eigenvalue weighted by Crippen LogP contribution is -2.43. The number of aromatic amines is 1. The van der Waals surface area contributed by atoms with Gasteiger partial charge in [-0.25, -0.2) is 9.78 Å². The highest BCUT2D eigenvalue weighted by Gasteiger charge is 2.33. The van der Waals surface area contributed by atoms with Crippen molar-refractivity contribution in [2.24, 2.45) is 0 Å². The number of anilines is 1. The maximum absolute atomic E-state index is 13.2. The van der Waals surface area contributed by atoms with Crippen LogP contribution in [0.15, 0.2) is 48.0 Å². The van der Waals surface area contributed by atoms with Gasteiger partial charge in [0.15, 0.2) is 5.13 Å². The molecule has 3 heterocycles. The maximum atomic E-state index is 13.2. The molecule has 1 saturated heterocycles. The van der Waals surface area contributed by atoms with Gasteiger partial charge in [-0.05, 0) is 24.5 Å². The number of amides is 2. The average molecular weight is 439 g/mol. The SMILES string of the molecule is COC(=O)c1cc(-c2csc(NC(=O)C(c3ccccc3)N3CCCCC3=O)n2)c[nH]1. The van der Waals surface area contributed by atoms with E-state index in [4.69, 9.17) is 4.74 Å². The van der Waals surface area contributed by atoms with Crippen molar-refractivity contribution in [2.45, 2.75) is 25.3 Å². The number of methoxy groups -OCH3 is 1. The third-order valence-corrected chi connectivity index (χ3v) is 5.91. The molecule has 1 fully saturated rings. The van der Waals surface area contributed by atoms with Gasteiger partial charge in [0.1, 0.15) is 11.7 Å². The molecule has 2 N–H and O–H groups in total. The zero-order valence-corrected chi connectivity index (χ0v) is 17.8. The summed E-state index contributed by atoms with van der Waals surface area (Å²) in [6, 6.07) is 10.2. The Morgan fingerprint density at radius 3 is 2.81 bits per heavy atom. The van der Waals surface area contributed by atoms with Gasteiger partial charge < -0.3 is 14.6 Å². The number of rotatable bonds is 6. The Hall–Kier alpha value is -3.46. The molecule has 31 heavy (non-hydrogen) atoms. The molecule has 2 aromatic heterocycles. The fraction of sp³-hybridized carbons (Fsp3) is 0.273. The van der Waals surface area contributed by atoms with E-state index in [1.807, 2.05) is 30.3 Å². The van der Waals surface area contributed by atoms with Crippen LogP contribution < -0.4 is 5.32 Å². The molecule has 0 aliphatic carbocycles. The molecule has 1 aliphatic heterocycles. The van der Waals surface area contributed by atoms with E-state index >= 15 is 0 Å². The van der Waals surface area contributed by atoms with Crippen LogP contribution in [0.5, 0.6) is 0 Å². The number of likely N-dealkylation sites (tertiary alicyclic amines) is 1. The standard InChI is InChI=1S/C22H22N4O4S/c1-30-21(29)16-11-15(12-23-16)17-13-31-22(24-17)25-20(28)19(14-7-3-2-4-8-14)26-10-6-5-9-18(26)27/h2-4,7-8,11-13,19,23H,5-6,9-10H2,1H3,(H,24,25,28). The first-order valence-corrected chi connectivity index (χ1v) is 10.8. The summed E-state index contributed by atoms with van der Waals surface area (Å²) in [5, 5.41) is 5.08. The second-order valence-electron chi connectivity index (χ2n) is 7.18. The van der Waals surface area contributed by atoms with Gasteiger partial charge in [0.2, 0.25) is 5.91 Å². The number of hydrogen-bond donors (Lipinski definition) is 2. The number of piperidine rings is 1. The lowest BCUT2D eigenvalue weighted by molar-refractivity contribution is -0.141. The number of H-pyrrole nitrogens is 1. The molecule has 1 aliphatic rings. The fourth-order valence-electron chi connectivity index (χ4n) is 3.62. The van der Waals surface area contributed by atoms with Crippen molar-refractivity contribution in [3.63, 3.8) is 0 Å². The maximum Gasteiger partial charge on any atom is 0.354 e. The Kier molecular flexibility index (Phi) is 6.13. The number of thiazole rings is 1. The lowest BCUT2D eigenvalue weighted by atomic mass is 10.0. The van der Waals surface area contributed by atoms with E-state index in [0.717, 1.165) is 18.4 Å². The van der Waals surface area contributed by atoms with Crippen molar-refractivity contribution in [2.75, 3.05) is 19.0 Å². The molecule has 1 aromatic carbocycles. The molecule has 8 nitrogen and oxygen atoms in total. The van der Waals surface area contributed by atoms with Crippen molar-refractivity contribution >= 4 is 34.3 Å². The molecule has 0 saturated carbocycles. The van der Waals surface area contributed by atoms with E-state index in [2.05, 4.69) is 15.3 Å². The van der Waals surface area contributed by atoms with Gasteiger partial charge >= 0.3 is 5.97 Å². The topological polar surface area (TPSA) is 104 Å². The van der Waals surface area contributed by atoms with E-state index in [9.17, 15) is 14.4 Å². The predicted octanol–water partition coefficient (Wildman–Crippen LogP) is 3.62. The van der Waals surface area contributed by atoms with E-state index in [0.29, 0.717) is 35.0 Å². The molecule has 2 amide bonds. The largest absolute Gasteiger partial charge is 0.464 e. The summed E-state index contributed by atoms with van der Waals surface area (Å²) < 4.78 is 4.70. The van der Waals surface area contributed by atoms with Gasteiger partial charge in [-0.1, -0.05) is 30.3 Å². The molecule has 0 spiro atoms. The van der Waals surface area contributed by atoms with Crippen LogP contribution >= 0.6 is 11.3 Å². The molecule has 160 valence electrons. The second-order valence-corrected chi connectivity index (χ2v) is 8.04. The smallest absolute Gasteiger partial charge is 0.354 e. The Morgan fingerprint density at radius 2 is 2.06 bits per heavy atom. The number of aromatic nitrogens is 2. The van der Waals surface area contributed by atoms with Crippen LogP contribution in [0.3, 0.4) is 0 Å². The van der Waals surface area contributed by atoms with Crippen molar-refractivity contribution in [3.05, 3.63) is 59.2 Å². The molecule has 4 rings (SSSR count). The Morgan fingerprint density at radius 1 is 1.26 bits per heavy atom. The first-order valence-electron chi connectivity index (χ1n) is 9.94. The van der Waals surface area contributed by atoms with Gasteiger partial charge in [-0.3, -0.25) is 14.9 Å². The van der Waals surface area contributed by atoms with Gasteiger partial charge in [0.25, 0.3) is 5.91 Å². The fourth-order valence-corrected chi connectivity index (χ4v) is 4.34. The first-order chi connectivity index (χ1) is 15.1. The third kappa shape index (κ3) is 4.51. The summed E-state index contributed by atoms with van der Waals surface area (Å²) >= 11 is 1.28. The molecule has 1 unspecified atom stereocenters. The summed E-state index contributed by atoms with van der Waals surface area (Å²) in [5.74, 6) is -0.781. The quantitative estimate of drug-likeness (QED) is 0.572. The summed E-state index contributed by atoms with van der Waals surface area (Å²) in [4.78, 5) is 46.4. The number of hydrogen-bond acceptors (Lipinski definition) is 6. The van der Waals surface area contributed by atoms with Gasteiger partial charge in [0, 0.05) is 30.1 Å². The van der Waals surface area contributed by atoms with Gasteiger partial charge in [0.05, 0.1) is 12.8 Å². The Balaban J connectivity index is 1.54. The zero-order chi connectivity index (χ0) is 21.8. The van der Waals surface area contributed by atoms with Crippen LogP contribution in [0.25, 0.3) is 11.3 Å². The molecule has 9 heteroatoms. The third-order valence-electron chi connectivity index (χ3n) is 5.15. The van der Waals surface area contributed by atoms with Crippen LogP contribution in [-0.2, 0) is 14.3 Å². The zero-order valence-electron chi connectivity index (χ0n) is 17.0. The monoisotopic (exact) mass is 438 g/mol. The predicted molar refractivity (Wildman–Crippen MR) is 117 cm³/mol. The summed E-state index contributed by atoms with van der Waals surface area (Å²) in [6.07, 6.45) is 3.83. The summed E-state index contributed by atoms with van der Waals surface area (Å²) in [7, 11) is 1.32. The number of esters is 1. The van der Waals surface area contributed by atoms with E-state index in [1.165, 1.54) is 18.4 Å². The molecule has 0 bridgehead atoms. The summed E-state index contributed by atoms with van der Waals surface area (Å²) in [6.45, 7) is 0.550. The van der Waals surface area contributed by atoms with E-state index in [-0.39, 0.29) is 11.8 Å². The first kappa shape index (κ1) is 20.8. The van der Waals surface area contributed by atoms with Gasteiger partial charge in [-0.15, -0.1) is 11.3 Å². The van der Waals surface area contributed by atoms with Crippen LogP contribution in [0.4, 0.5) is 5.13 Å². The number of ether oxygens (including phenoxy) is 1. The molecule has 3 aromatic rings. The molecule has 0 radical (unpaired) electrons. The van der Waals surface area contributed by atoms with Crippen LogP contribution in [0.2, 0.25) is 0 Å². The van der Waals surface area contributed by atoms with Crippen LogP contribution in [0.1, 0.15) is 41.4 Å². The minimum Gasteiger partial charge on any atom is -0.464 e. The lowest BCUT2D eigenvalue weighted by Gasteiger charge is -2.33. The van der Waals surface area contributed by atoms with Crippen molar-refractivity contribution in [3.8, 4) is 11.3 Å². The number of nitrogens with one attached hydrogen (secondary N) is 2. The minimum absolute atomic E-state index is 0.0160. The number of carbonyl (C=O) groups excluding carboxylic acids is 3. The average Bonchev–Trinajstić information content (AvgIpc) is 3.45. The van der Waals surface area contributed by atoms with Crippen molar-refractivity contribution < 1.29 is 19.1 Å². The summed E-state index contributed by atoms with van der Waals surface area (Å²) in [5.41, 5.74) is 2.42.